The van der Waals surface area contributed by atoms with E-state index in [-0.39, 0.29) is 5.91 Å². The van der Waals surface area contributed by atoms with Gasteiger partial charge in [-0.2, -0.15) is 0 Å². The highest BCUT2D eigenvalue weighted by atomic mass is 35.5. The van der Waals surface area contributed by atoms with Crippen LogP contribution in [0.1, 0.15) is 12.0 Å². The van der Waals surface area contributed by atoms with Gasteiger partial charge in [-0.1, -0.05) is 17.7 Å². The molecule has 0 bridgehead atoms. The van der Waals surface area contributed by atoms with Gasteiger partial charge in [-0.05, 0) is 24.1 Å². The van der Waals surface area contributed by atoms with Crippen molar-refractivity contribution in [3.05, 3.63) is 40.9 Å². The second-order valence-electron chi connectivity index (χ2n) is 5.71. The normalized spacial score (nSPS) is 12.4. The molecule has 0 atom stereocenters. The number of nitrogens with one attached hydrogen (secondary N) is 1. The van der Waals surface area contributed by atoms with Gasteiger partial charge in [-0.3, -0.25) is 4.79 Å². The highest BCUT2D eigenvalue weighted by Gasteiger charge is 2.14. The lowest BCUT2D eigenvalue weighted by Gasteiger charge is -2.18. The number of hydrogen-bond acceptors (Lipinski definition) is 5. The van der Waals surface area contributed by atoms with Crippen molar-refractivity contribution in [2.75, 3.05) is 32.8 Å². The van der Waals surface area contributed by atoms with Crippen LogP contribution >= 0.6 is 11.6 Å². The highest BCUT2D eigenvalue weighted by molar-refractivity contribution is 6.34. The molecule has 7 heteroatoms. The summed E-state index contributed by atoms with van der Waals surface area (Å²) in [4.78, 5) is 12.3. The fourth-order valence-corrected chi connectivity index (χ4v) is 2.86. The van der Waals surface area contributed by atoms with Crippen molar-refractivity contribution in [2.45, 2.75) is 12.8 Å². The molecule has 2 aromatic carbocycles. The third-order valence-electron chi connectivity index (χ3n) is 3.99. The number of amides is 1. The van der Waals surface area contributed by atoms with Gasteiger partial charge in [0.1, 0.15) is 13.2 Å². The Morgan fingerprint density at radius 3 is 2.50 bits per heavy atom. The van der Waals surface area contributed by atoms with Crippen LogP contribution in [0.4, 0.5) is 5.69 Å². The molecular weight excluding hydrogens is 358 g/mol. The zero-order chi connectivity index (χ0) is 18.5. The maximum Gasteiger partial charge on any atom is 0.224 e. The minimum absolute atomic E-state index is 0.144. The van der Waals surface area contributed by atoms with Crippen molar-refractivity contribution in [2.24, 2.45) is 0 Å². The van der Waals surface area contributed by atoms with E-state index in [0.29, 0.717) is 48.3 Å². The van der Waals surface area contributed by atoms with Gasteiger partial charge in [0.2, 0.25) is 5.91 Å². The molecule has 1 aliphatic heterocycles. The third-order valence-corrected chi connectivity index (χ3v) is 4.31. The van der Waals surface area contributed by atoms with Gasteiger partial charge in [0.25, 0.3) is 0 Å². The summed E-state index contributed by atoms with van der Waals surface area (Å²) in [6.45, 7) is 1.09. The molecule has 3 rings (SSSR count). The number of rotatable bonds is 6. The zero-order valence-electron chi connectivity index (χ0n) is 14.6. The Hall–Kier alpha value is -2.60. The molecule has 0 radical (unpaired) electrons. The second kappa shape index (κ2) is 8.19. The number of methoxy groups -OCH3 is 2. The predicted octanol–water partition coefficient (Wildman–Crippen LogP) is 3.70. The number of benzene rings is 2. The van der Waals surface area contributed by atoms with Crippen LogP contribution < -0.4 is 24.3 Å². The third kappa shape index (κ3) is 4.14. The molecule has 0 fully saturated rings. The lowest BCUT2D eigenvalue weighted by Crippen LogP contribution is -2.16. The summed E-state index contributed by atoms with van der Waals surface area (Å²) in [6.07, 6.45) is 0.887. The van der Waals surface area contributed by atoms with Crippen LogP contribution in [0.25, 0.3) is 0 Å². The van der Waals surface area contributed by atoms with Crippen LogP contribution in [0.15, 0.2) is 30.3 Å². The van der Waals surface area contributed by atoms with Crippen molar-refractivity contribution in [3.63, 3.8) is 0 Å². The summed E-state index contributed by atoms with van der Waals surface area (Å²) >= 11 is 6.20. The molecule has 0 saturated carbocycles. The number of fused-ring (bicyclic) bond motifs is 1. The fourth-order valence-electron chi connectivity index (χ4n) is 2.66. The summed E-state index contributed by atoms with van der Waals surface area (Å²) in [6, 6.07) is 8.96. The summed E-state index contributed by atoms with van der Waals surface area (Å²) in [5, 5.41) is 3.19. The van der Waals surface area contributed by atoms with Crippen LogP contribution in [0.2, 0.25) is 5.02 Å². The van der Waals surface area contributed by atoms with Crippen LogP contribution in [0, 0.1) is 0 Å². The van der Waals surface area contributed by atoms with E-state index in [1.165, 1.54) is 14.2 Å². The highest BCUT2D eigenvalue weighted by Crippen LogP contribution is 2.36. The number of ether oxygens (including phenoxy) is 4. The molecule has 138 valence electrons. The maximum absolute atomic E-state index is 12.3. The number of anilines is 1. The summed E-state index contributed by atoms with van der Waals surface area (Å²) in [7, 11) is 3.05. The molecule has 0 aromatic heterocycles. The van der Waals surface area contributed by atoms with E-state index in [1.807, 2.05) is 18.2 Å². The van der Waals surface area contributed by atoms with Crippen LogP contribution in [-0.4, -0.2) is 33.3 Å². The first kappa shape index (κ1) is 18.2. The Labute approximate surface area is 157 Å². The first-order chi connectivity index (χ1) is 12.6. The Morgan fingerprint density at radius 1 is 1.08 bits per heavy atom. The first-order valence-corrected chi connectivity index (χ1v) is 8.58. The van der Waals surface area contributed by atoms with E-state index in [9.17, 15) is 4.79 Å². The first-order valence-electron chi connectivity index (χ1n) is 8.20. The molecule has 1 aliphatic rings. The minimum atomic E-state index is -0.144. The van der Waals surface area contributed by atoms with Gasteiger partial charge in [-0.15, -0.1) is 0 Å². The van der Waals surface area contributed by atoms with E-state index >= 15 is 0 Å². The Morgan fingerprint density at radius 2 is 1.77 bits per heavy atom. The van der Waals surface area contributed by atoms with E-state index in [1.54, 1.807) is 12.1 Å². The zero-order valence-corrected chi connectivity index (χ0v) is 15.4. The van der Waals surface area contributed by atoms with E-state index in [0.717, 1.165) is 17.1 Å². The van der Waals surface area contributed by atoms with Crippen molar-refractivity contribution < 1.29 is 23.7 Å². The number of carbonyl (C=O) groups is 1. The largest absolute Gasteiger partial charge is 0.493 e. The average Bonchev–Trinajstić information content (AvgIpc) is 2.67. The summed E-state index contributed by atoms with van der Waals surface area (Å²) < 4.78 is 21.5. The van der Waals surface area contributed by atoms with Crippen molar-refractivity contribution in [1.82, 2.24) is 0 Å². The van der Waals surface area contributed by atoms with Crippen LogP contribution in [0.3, 0.4) is 0 Å². The molecule has 0 aliphatic carbocycles. The smallest absolute Gasteiger partial charge is 0.224 e. The standard InChI is InChI=1S/C19H20ClNO5/c1-23-16-10-13(20)14(11-17(16)24-2)21-19(22)6-4-12-3-5-15-18(9-12)26-8-7-25-15/h3,5,9-11H,4,6-8H2,1-2H3,(H,21,22). The topological polar surface area (TPSA) is 66.0 Å². The minimum Gasteiger partial charge on any atom is -0.493 e. The van der Waals surface area contributed by atoms with Crippen LogP contribution in [-0.2, 0) is 11.2 Å². The summed E-state index contributed by atoms with van der Waals surface area (Å²) in [5.41, 5.74) is 1.49. The van der Waals surface area contributed by atoms with Crippen molar-refractivity contribution >= 4 is 23.2 Å². The molecule has 1 amide bonds. The molecule has 26 heavy (non-hydrogen) atoms. The van der Waals surface area contributed by atoms with Crippen LogP contribution in [0.5, 0.6) is 23.0 Å². The van der Waals surface area contributed by atoms with Gasteiger partial charge in [0, 0.05) is 18.6 Å². The lowest BCUT2D eigenvalue weighted by atomic mass is 10.1. The van der Waals surface area contributed by atoms with Gasteiger partial charge in [0.05, 0.1) is 24.9 Å². The maximum atomic E-state index is 12.3. The molecule has 1 heterocycles. The molecular formula is C19H20ClNO5. The molecule has 1 N–H and O–H groups in total. The second-order valence-corrected chi connectivity index (χ2v) is 6.12. The fraction of sp³-hybridized carbons (Fsp3) is 0.316. The number of aryl methyl sites for hydroxylation is 1. The van der Waals surface area contributed by atoms with Crippen molar-refractivity contribution in [3.8, 4) is 23.0 Å². The van der Waals surface area contributed by atoms with Crippen molar-refractivity contribution in [1.29, 1.82) is 0 Å². The number of carbonyl (C=O) groups excluding carboxylic acids is 1. The Kier molecular flexibility index (Phi) is 5.73. The molecule has 6 nitrogen and oxygen atoms in total. The van der Waals surface area contributed by atoms with Gasteiger partial charge >= 0.3 is 0 Å². The monoisotopic (exact) mass is 377 g/mol. The van der Waals surface area contributed by atoms with Gasteiger partial charge in [-0.25, -0.2) is 0 Å². The molecule has 0 saturated heterocycles. The van der Waals surface area contributed by atoms with Gasteiger partial charge in [0.15, 0.2) is 23.0 Å². The lowest BCUT2D eigenvalue weighted by molar-refractivity contribution is -0.116. The predicted molar refractivity (Wildman–Crippen MR) is 98.9 cm³/mol. The van der Waals surface area contributed by atoms with E-state index in [4.69, 9.17) is 30.5 Å². The quantitative estimate of drug-likeness (QED) is 0.831. The Bertz CT molecular complexity index is 809. The Balaban J connectivity index is 1.62. The average molecular weight is 378 g/mol. The number of halogens is 1. The molecule has 2 aromatic rings. The van der Waals surface area contributed by atoms with E-state index < -0.39 is 0 Å². The van der Waals surface area contributed by atoms with E-state index in [2.05, 4.69) is 5.32 Å². The number of hydrogen-bond donors (Lipinski definition) is 1. The molecule has 0 spiro atoms. The molecule has 0 unspecified atom stereocenters. The SMILES string of the molecule is COc1cc(Cl)c(NC(=O)CCc2ccc3c(c2)OCCO3)cc1OC. The van der Waals surface area contributed by atoms with Gasteiger partial charge < -0.3 is 24.3 Å². The summed E-state index contributed by atoms with van der Waals surface area (Å²) in [5.74, 6) is 2.32.